The zero-order chi connectivity index (χ0) is 6.27. The molecule has 0 amide bonds. The topological polar surface area (TPSA) is 27.7 Å². The maximum Gasteiger partial charge on any atom is 0.147 e. The Bertz CT molecular complexity index is 115. The van der Waals surface area contributed by atoms with Crippen molar-refractivity contribution in [3.63, 3.8) is 0 Å². The Morgan fingerprint density at radius 1 is 1.22 bits per heavy atom. The number of hydrogen-bond donors (Lipinski definition) is 0. The predicted molar refractivity (Wildman–Crippen MR) is 30.0 cm³/mol. The van der Waals surface area contributed by atoms with Crippen molar-refractivity contribution in [2.24, 2.45) is 0 Å². The molecule has 0 aromatic carbocycles. The quantitative estimate of drug-likeness (QED) is 0.467. The Morgan fingerprint density at radius 2 is 2.11 bits per heavy atom. The fraction of sp³-hybridized carbons (Fsp3) is 1.00. The highest BCUT2D eigenvalue weighted by Gasteiger charge is 2.40. The molecular weight excluding hydrogens is 120 g/mol. The van der Waals surface area contributed by atoms with Crippen LogP contribution in [0.25, 0.3) is 0 Å². The number of rotatable bonds is 0. The van der Waals surface area contributed by atoms with Crippen molar-refractivity contribution in [3.8, 4) is 0 Å². The van der Waals surface area contributed by atoms with E-state index >= 15 is 0 Å². The van der Waals surface area contributed by atoms with E-state index in [1.165, 1.54) is 0 Å². The van der Waals surface area contributed by atoms with Crippen LogP contribution in [-0.4, -0.2) is 31.7 Å². The highest BCUT2D eigenvalue weighted by Crippen LogP contribution is 2.24. The van der Waals surface area contributed by atoms with Gasteiger partial charge in [-0.05, 0) is 6.92 Å². The summed E-state index contributed by atoms with van der Waals surface area (Å²) < 4.78 is 15.7. The Labute approximate surface area is 53.9 Å². The van der Waals surface area contributed by atoms with E-state index in [1.54, 1.807) is 0 Å². The molecule has 0 N–H and O–H groups in total. The Hall–Kier alpha value is -0.120. The van der Waals surface area contributed by atoms with Gasteiger partial charge < -0.3 is 14.2 Å². The first-order valence-corrected chi connectivity index (χ1v) is 3.23. The highest BCUT2D eigenvalue weighted by atomic mass is 16.7. The number of hydrogen-bond acceptors (Lipinski definition) is 3. The van der Waals surface area contributed by atoms with E-state index < -0.39 is 0 Å². The lowest BCUT2D eigenvalue weighted by atomic mass is 10.2. The van der Waals surface area contributed by atoms with Crippen LogP contribution in [0.1, 0.15) is 6.92 Å². The molecule has 2 heterocycles. The third-order valence-corrected chi connectivity index (χ3v) is 1.90. The van der Waals surface area contributed by atoms with E-state index in [9.17, 15) is 0 Å². The molecule has 0 aliphatic carbocycles. The van der Waals surface area contributed by atoms with Crippen LogP contribution in [0.2, 0.25) is 0 Å². The average molecular weight is 130 g/mol. The normalized spacial score (nSPS) is 49.7. The van der Waals surface area contributed by atoms with Gasteiger partial charge in [0.15, 0.2) is 0 Å². The van der Waals surface area contributed by atoms with Gasteiger partial charge in [0, 0.05) is 0 Å². The van der Waals surface area contributed by atoms with Crippen molar-refractivity contribution in [1.82, 2.24) is 0 Å². The van der Waals surface area contributed by atoms with Gasteiger partial charge in [-0.1, -0.05) is 0 Å². The first-order chi connectivity index (χ1) is 4.38. The standard InChI is InChI=1S/C6H10O3/c1-4-6-5(2-7-4)8-3-9-6/h4-6H,2-3H2,1H3. The molecule has 0 saturated carbocycles. The lowest BCUT2D eigenvalue weighted by Gasteiger charge is -2.07. The largest absolute Gasteiger partial charge is 0.373 e. The van der Waals surface area contributed by atoms with Crippen molar-refractivity contribution in [2.75, 3.05) is 13.4 Å². The molecule has 0 spiro atoms. The Kier molecular flexibility index (Phi) is 1.22. The summed E-state index contributed by atoms with van der Waals surface area (Å²) in [6.45, 7) is 3.16. The van der Waals surface area contributed by atoms with Crippen LogP contribution in [0.4, 0.5) is 0 Å². The van der Waals surface area contributed by atoms with Crippen LogP contribution in [0, 0.1) is 0 Å². The average Bonchev–Trinajstić information content (AvgIpc) is 2.35. The van der Waals surface area contributed by atoms with Crippen molar-refractivity contribution >= 4 is 0 Å². The molecule has 3 heteroatoms. The molecule has 3 unspecified atom stereocenters. The van der Waals surface area contributed by atoms with Gasteiger partial charge in [-0.25, -0.2) is 0 Å². The van der Waals surface area contributed by atoms with Crippen molar-refractivity contribution in [1.29, 1.82) is 0 Å². The maximum atomic E-state index is 5.27. The van der Waals surface area contributed by atoms with Crippen LogP contribution in [-0.2, 0) is 14.2 Å². The van der Waals surface area contributed by atoms with Crippen LogP contribution in [0.15, 0.2) is 0 Å². The van der Waals surface area contributed by atoms with Gasteiger partial charge in [0.1, 0.15) is 19.0 Å². The van der Waals surface area contributed by atoms with Crippen LogP contribution < -0.4 is 0 Å². The molecule has 0 aromatic rings. The lowest BCUT2D eigenvalue weighted by Crippen LogP contribution is -2.24. The summed E-state index contributed by atoms with van der Waals surface area (Å²) in [5.41, 5.74) is 0. The summed E-state index contributed by atoms with van der Waals surface area (Å²) in [7, 11) is 0. The second-order valence-corrected chi connectivity index (χ2v) is 2.49. The molecule has 2 aliphatic heterocycles. The monoisotopic (exact) mass is 130 g/mol. The first kappa shape index (κ1) is 5.65. The van der Waals surface area contributed by atoms with Gasteiger partial charge in [-0.3, -0.25) is 0 Å². The number of fused-ring (bicyclic) bond motifs is 1. The molecule has 52 valence electrons. The SMILES string of the molecule is CC1OCC2OCOC12. The summed E-state index contributed by atoms with van der Waals surface area (Å²) >= 11 is 0. The molecule has 3 atom stereocenters. The second-order valence-electron chi connectivity index (χ2n) is 2.49. The van der Waals surface area contributed by atoms with Gasteiger partial charge in [0.05, 0.1) is 12.7 Å². The first-order valence-electron chi connectivity index (χ1n) is 3.23. The van der Waals surface area contributed by atoms with E-state index in [-0.39, 0.29) is 18.3 Å². The minimum atomic E-state index is 0.199. The molecule has 0 radical (unpaired) electrons. The third kappa shape index (κ3) is 0.764. The van der Waals surface area contributed by atoms with E-state index in [0.29, 0.717) is 13.4 Å². The molecule has 0 bridgehead atoms. The van der Waals surface area contributed by atoms with Gasteiger partial charge in [0.25, 0.3) is 0 Å². The second kappa shape index (κ2) is 1.94. The Morgan fingerprint density at radius 3 is 2.89 bits per heavy atom. The van der Waals surface area contributed by atoms with Crippen LogP contribution in [0.5, 0.6) is 0 Å². The minimum absolute atomic E-state index is 0.199. The summed E-state index contributed by atoms with van der Waals surface area (Å²) in [6.07, 6.45) is 0.627. The predicted octanol–water partition coefficient (Wildman–Crippen LogP) is 0.147. The highest BCUT2D eigenvalue weighted by molar-refractivity contribution is 4.85. The maximum absolute atomic E-state index is 5.27. The van der Waals surface area contributed by atoms with Crippen LogP contribution in [0.3, 0.4) is 0 Å². The molecule has 3 nitrogen and oxygen atoms in total. The van der Waals surface area contributed by atoms with Gasteiger partial charge in [-0.15, -0.1) is 0 Å². The zero-order valence-electron chi connectivity index (χ0n) is 5.37. The molecular formula is C6H10O3. The molecule has 2 rings (SSSR count). The molecule has 2 aliphatic rings. The third-order valence-electron chi connectivity index (χ3n) is 1.90. The van der Waals surface area contributed by atoms with Gasteiger partial charge in [-0.2, -0.15) is 0 Å². The minimum Gasteiger partial charge on any atom is -0.373 e. The fourth-order valence-corrected chi connectivity index (χ4v) is 1.33. The van der Waals surface area contributed by atoms with E-state index in [2.05, 4.69) is 0 Å². The molecule has 9 heavy (non-hydrogen) atoms. The van der Waals surface area contributed by atoms with E-state index in [1.807, 2.05) is 6.92 Å². The fourth-order valence-electron chi connectivity index (χ4n) is 1.33. The molecule has 2 saturated heterocycles. The summed E-state index contributed by atoms with van der Waals surface area (Å²) in [5, 5.41) is 0. The smallest absolute Gasteiger partial charge is 0.147 e. The summed E-state index contributed by atoms with van der Waals surface area (Å²) in [5.74, 6) is 0. The molecule has 2 fully saturated rings. The number of ether oxygens (including phenoxy) is 3. The van der Waals surface area contributed by atoms with Crippen LogP contribution >= 0.6 is 0 Å². The van der Waals surface area contributed by atoms with Crippen molar-refractivity contribution in [2.45, 2.75) is 25.2 Å². The molecule has 0 aromatic heterocycles. The van der Waals surface area contributed by atoms with Gasteiger partial charge in [0.2, 0.25) is 0 Å². The summed E-state index contributed by atoms with van der Waals surface area (Å²) in [4.78, 5) is 0. The van der Waals surface area contributed by atoms with E-state index in [0.717, 1.165) is 0 Å². The lowest BCUT2D eigenvalue weighted by molar-refractivity contribution is -0.0363. The zero-order valence-corrected chi connectivity index (χ0v) is 5.37. The van der Waals surface area contributed by atoms with Crippen molar-refractivity contribution < 1.29 is 14.2 Å². The van der Waals surface area contributed by atoms with Gasteiger partial charge >= 0.3 is 0 Å². The Balaban J connectivity index is 2.07. The van der Waals surface area contributed by atoms with E-state index in [4.69, 9.17) is 14.2 Å². The summed E-state index contributed by atoms with van der Waals surface area (Å²) in [6, 6.07) is 0. The van der Waals surface area contributed by atoms with Crippen molar-refractivity contribution in [3.05, 3.63) is 0 Å².